The van der Waals surface area contributed by atoms with E-state index in [-0.39, 0.29) is 0 Å². The molecule has 0 radical (unpaired) electrons. The highest BCUT2D eigenvalue weighted by Crippen LogP contribution is 2.51. The minimum atomic E-state index is 0.829. The van der Waals surface area contributed by atoms with E-state index in [2.05, 4.69) is 540 Å². The van der Waals surface area contributed by atoms with Crippen molar-refractivity contribution in [1.82, 2.24) is 37.0 Å². The van der Waals surface area contributed by atoms with E-state index in [4.69, 9.17) is 4.98 Å². The predicted octanol–water partition coefficient (Wildman–Crippen LogP) is 34.6. The lowest BCUT2D eigenvalue weighted by molar-refractivity contribution is 1.01. The third kappa shape index (κ3) is 12.1. The van der Waals surface area contributed by atoms with Gasteiger partial charge in [-0.2, -0.15) is 0 Å². The number of fused-ring (bicyclic) bond motifs is 21. The van der Waals surface area contributed by atoms with Crippen LogP contribution >= 0.6 is 0 Å². The summed E-state index contributed by atoms with van der Waals surface area (Å²) in [6.07, 6.45) is 0. The average Bonchev–Trinajstić information content (AvgIpc) is 1.54. The van der Waals surface area contributed by atoms with Crippen LogP contribution in [0.1, 0.15) is 0 Å². The van der Waals surface area contributed by atoms with Crippen LogP contribution in [0.3, 0.4) is 0 Å². The zero-order valence-electron chi connectivity index (χ0n) is 75.9. The largest absolute Gasteiger partial charge is 0.310 e. The first-order valence-corrected chi connectivity index (χ1v) is 48.1. The topological polar surface area (TPSA) is 50.6 Å². The van der Waals surface area contributed by atoms with Gasteiger partial charge in [0.05, 0.1) is 77.2 Å². The highest BCUT2D eigenvalue weighted by Gasteiger charge is 2.29. The Hall–Kier alpha value is -18.8. The number of pyridine rings is 1. The molecule has 140 heavy (non-hydrogen) atoms. The zero-order valence-corrected chi connectivity index (χ0v) is 75.9. The van der Waals surface area contributed by atoms with Crippen LogP contribution in [0, 0.1) is 0 Å². The summed E-state index contributed by atoms with van der Waals surface area (Å²) in [7, 11) is 0. The molecule has 0 saturated heterocycles. The quantitative estimate of drug-likeness (QED) is 0.103. The minimum Gasteiger partial charge on any atom is -0.310 e. The van der Waals surface area contributed by atoms with Crippen LogP contribution < -0.4 is 4.90 Å². The van der Waals surface area contributed by atoms with Crippen LogP contribution in [0.25, 0.3) is 248 Å². The average molecular weight is 1780 g/mol. The van der Waals surface area contributed by atoms with E-state index in [0.717, 1.165) is 184 Å². The smallest absolute Gasteiger partial charge is 0.140 e. The molecule has 8 heterocycles. The van der Waals surface area contributed by atoms with Crippen LogP contribution in [-0.2, 0) is 0 Å². The van der Waals surface area contributed by atoms with Gasteiger partial charge in [0.2, 0.25) is 0 Å². The van der Waals surface area contributed by atoms with Crippen molar-refractivity contribution in [2.45, 2.75) is 0 Å². The van der Waals surface area contributed by atoms with Gasteiger partial charge in [0.25, 0.3) is 0 Å². The second-order valence-electron chi connectivity index (χ2n) is 36.8. The number of rotatable bonds is 15. The second kappa shape index (κ2) is 31.4. The Bertz CT molecular complexity index is 9810. The summed E-state index contributed by atoms with van der Waals surface area (Å²) in [5.41, 5.74) is 35.5. The van der Waals surface area contributed by atoms with E-state index in [1.807, 2.05) is 0 Å². The third-order valence-corrected chi connectivity index (χ3v) is 29.3. The number of anilines is 3. The van der Waals surface area contributed by atoms with Crippen LogP contribution in [0.5, 0.6) is 0 Å². The summed E-state index contributed by atoms with van der Waals surface area (Å²) >= 11 is 0. The zero-order chi connectivity index (χ0) is 91.7. The van der Waals surface area contributed by atoms with Gasteiger partial charge < -0.3 is 27.7 Å². The van der Waals surface area contributed by atoms with Gasteiger partial charge in [-0.05, 0) is 250 Å². The van der Waals surface area contributed by atoms with Gasteiger partial charge in [-0.15, -0.1) is 0 Å². The molecule has 652 valence electrons. The maximum absolute atomic E-state index is 5.72. The van der Waals surface area contributed by atoms with Gasteiger partial charge in [-0.3, -0.25) is 9.13 Å². The second-order valence-corrected chi connectivity index (χ2v) is 36.8. The van der Waals surface area contributed by atoms with Crippen molar-refractivity contribution in [3.63, 3.8) is 0 Å². The minimum absolute atomic E-state index is 0.829. The molecule has 9 heteroatoms. The Balaban J connectivity index is 0.635. The molecule has 0 atom stereocenters. The standard InChI is InChI=1S/C131H83N9/c1-3-28-84(29-4-1)86-56-61-94(62-57-86)136-119-49-21-14-41-107(119)112-81-88(59-78-123(112)136)89-60-79-124-113(82-89)130-110(109-43-26-53-125-129(109)111-42-15-24-52-122(111)140(125)128-55-27-54-127(132-128)139-120-50-22-12-38-104(120)105-39-13-23-51-121(105)139)77-76-99(131(130)138(124)98-33-25-32-87(80-98)85-30-5-2-6-31-85)90-58-75-108-106-40-11-20-48-118(106)137(126(108)83-90)97-73-67-93(68-74-97)133(91-63-69-95(70-64-91)134-114-44-16-7-34-100(114)101-35-8-17-45-115(101)134)92-65-71-96(72-66-92)135-116-46-18-9-36-102(116)103-37-10-19-47-117(103)135/h1-83H. The number of benzene rings is 21. The monoisotopic (exact) mass is 1780 g/mol. The molecule has 0 aliphatic rings. The molecule has 0 fully saturated rings. The Kier molecular flexibility index (Phi) is 17.6. The fourth-order valence-electron chi connectivity index (χ4n) is 23.2. The van der Waals surface area contributed by atoms with Gasteiger partial charge in [0.15, 0.2) is 0 Å². The first-order chi connectivity index (χ1) is 69.5. The van der Waals surface area contributed by atoms with Crippen LogP contribution in [0.15, 0.2) is 504 Å². The van der Waals surface area contributed by atoms with Gasteiger partial charge >= 0.3 is 0 Å². The van der Waals surface area contributed by atoms with Crippen molar-refractivity contribution in [3.8, 4) is 95.7 Å². The lowest BCUT2D eigenvalue weighted by atomic mass is 9.91. The molecule has 0 N–H and O–H groups in total. The van der Waals surface area contributed by atoms with Crippen LogP contribution in [0.4, 0.5) is 17.1 Å². The van der Waals surface area contributed by atoms with Crippen molar-refractivity contribution >= 4 is 170 Å². The highest BCUT2D eigenvalue weighted by molar-refractivity contribution is 6.26. The maximum atomic E-state index is 5.72. The van der Waals surface area contributed by atoms with E-state index in [1.54, 1.807) is 0 Å². The molecule has 9 nitrogen and oxygen atoms in total. The maximum Gasteiger partial charge on any atom is 0.140 e. The SMILES string of the molecule is c1ccc(-c2ccc(-n3c4ccccc4c4cc(-c5ccc6c(c5)c5c(-c7cccc8c7c7ccccc7n8-c7cccc(-n8c9ccccc9c9ccccc98)n7)ccc(-c7ccc8c9ccccc9n(-c9ccc(N(c%10ccc(-n%11c%12ccccc%12c%12ccccc%12%11)cc%10)c%10ccc(-n%11c%12ccccc%12c%12ccccc%12%11)cc%10)cc9)c8c7)c5n6-c5cccc(-c6ccccc6)c5)ccc43)cc2)cc1. The van der Waals surface area contributed by atoms with E-state index in [0.29, 0.717) is 0 Å². The number of para-hydroxylation sites is 9. The molecule has 29 rings (SSSR count). The lowest BCUT2D eigenvalue weighted by Crippen LogP contribution is -2.10. The Morgan fingerprint density at radius 2 is 0.443 bits per heavy atom. The third-order valence-electron chi connectivity index (χ3n) is 29.3. The van der Waals surface area contributed by atoms with Crippen molar-refractivity contribution in [1.29, 1.82) is 0 Å². The van der Waals surface area contributed by atoms with Crippen molar-refractivity contribution in [2.24, 2.45) is 0 Å². The Labute approximate surface area is 805 Å². The summed E-state index contributed by atoms with van der Waals surface area (Å²) in [6, 6.07) is 186. The number of hydrogen-bond acceptors (Lipinski definition) is 2. The van der Waals surface area contributed by atoms with Gasteiger partial charge in [-0.25, -0.2) is 4.98 Å². The fraction of sp³-hybridized carbons (Fsp3) is 0. The Morgan fingerprint density at radius 3 is 0.914 bits per heavy atom. The van der Waals surface area contributed by atoms with E-state index >= 15 is 0 Å². The number of hydrogen-bond donors (Lipinski definition) is 0. The summed E-state index contributed by atoms with van der Waals surface area (Å²) in [5, 5.41) is 16.6. The normalized spacial score (nSPS) is 12.0. The molecule has 0 aliphatic carbocycles. The van der Waals surface area contributed by atoms with Crippen LogP contribution in [0.2, 0.25) is 0 Å². The van der Waals surface area contributed by atoms with E-state index < -0.39 is 0 Å². The molecular weight excluding hydrogens is 1700 g/mol. The fourth-order valence-corrected chi connectivity index (χ4v) is 23.2. The highest BCUT2D eigenvalue weighted by atomic mass is 15.2. The van der Waals surface area contributed by atoms with Crippen LogP contribution in [-0.4, -0.2) is 37.0 Å². The molecule has 8 aromatic heterocycles. The summed E-state index contributed by atoms with van der Waals surface area (Å²) in [4.78, 5) is 8.12. The summed E-state index contributed by atoms with van der Waals surface area (Å²) < 4.78 is 17.0. The molecule has 0 bridgehead atoms. The van der Waals surface area contributed by atoms with Crippen molar-refractivity contribution < 1.29 is 0 Å². The van der Waals surface area contributed by atoms with E-state index in [1.165, 1.54) is 81.7 Å². The van der Waals surface area contributed by atoms with Crippen molar-refractivity contribution in [2.75, 3.05) is 4.90 Å². The van der Waals surface area contributed by atoms with E-state index in [9.17, 15) is 0 Å². The predicted molar refractivity (Wildman–Crippen MR) is 586 cm³/mol. The molecule has 0 aliphatic heterocycles. The molecule has 0 amide bonds. The van der Waals surface area contributed by atoms with Gasteiger partial charge in [0.1, 0.15) is 11.6 Å². The van der Waals surface area contributed by atoms with Crippen molar-refractivity contribution in [3.05, 3.63) is 504 Å². The van der Waals surface area contributed by atoms with Gasteiger partial charge in [-0.1, -0.05) is 303 Å². The molecule has 0 spiro atoms. The number of aromatic nitrogens is 8. The molecule has 0 saturated carbocycles. The number of nitrogens with zero attached hydrogens (tertiary/aromatic N) is 9. The Morgan fingerprint density at radius 1 is 0.143 bits per heavy atom. The lowest BCUT2D eigenvalue weighted by Gasteiger charge is -2.26. The molecular formula is C131H83N9. The van der Waals surface area contributed by atoms with Gasteiger partial charge in [0, 0.05) is 126 Å². The first kappa shape index (κ1) is 78.6. The first-order valence-electron chi connectivity index (χ1n) is 48.1. The molecule has 21 aromatic carbocycles. The molecule has 0 unspecified atom stereocenters. The summed E-state index contributed by atoms with van der Waals surface area (Å²) in [6.45, 7) is 0. The molecule has 29 aromatic rings. The summed E-state index contributed by atoms with van der Waals surface area (Å²) in [5.74, 6) is 1.68.